The molecule has 3 heterocycles. The number of hydrogen-bond acceptors (Lipinski definition) is 3. The van der Waals surface area contributed by atoms with Gasteiger partial charge in [0.2, 0.25) is 0 Å². The number of amides is 1. The number of imidazole rings is 1. The zero-order valence-corrected chi connectivity index (χ0v) is 18.0. The molecule has 0 aliphatic rings. The molecule has 6 nitrogen and oxygen atoms in total. The molecule has 0 aliphatic heterocycles. The van der Waals surface area contributed by atoms with Gasteiger partial charge in [-0.15, -0.1) is 0 Å². The third kappa shape index (κ3) is 3.50. The van der Waals surface area contributed by atoms with Gasteiger partial charge in [0.15, 0.2) is 0 Å². The second kappa shape index (κ2) is 7.80. The van der Waals surface area contributed by atoms with Gasteiger partial charge in [0, 0.05) is 23.1 Å². The maximum absolute atomic E-state index is 12.7. The highest BCUT2D eigenvalue weighted by molar-refractivity contribution is 6.32. The molecular formula is C23H22ClN5O. The van der Waals surface area contributed by atoms with E-state index in [9.17, 15) is 4.79 Å². The van der Waals surface area contributed by atoms with E-state index in [1.165, 1.54) is 0 Å². The Bertz CT molecular complexity index is 1300. The van der Waals surface area contributed by atoms with E-state index in [0.717, 1.165) is 33.8 Å². The highest BCUT2D eigenvalue weighted by Crippen LogP contribution is 2.25. The standard InChI is InChI=1S/C23H22ClN5O/c1-14-9-10-28-21(11-14)26-16(3)22(28)23(30)27-25-13-18-12-15(2)29(17(18)4)20-8-6-5-7-19(20)24/h5-13H,1-4H3,(H,27,30)/b25-13-. The molecule has 0 radical (unpaired) electrons. The summed E-state index contributed by atoms with van der Waals surface area (Å²) in [6, 6.07) is 13.6. The number of fused-ring (bicyclic) bond motifs is 1. The Kier molecular flexibility index (Phi) is 5.18. The van der Waals surface area contributed by atoms with Crippen molar-refractivity contribution in [3.63, 3.8) is 0 Å². The largest absolute Gasteiger partial charge is 0.316 e. The summed E-state index contributed by atoms with van der Waals surface area (Å²) in [5.41, 5.74) is 9.41. The van der Waals surface area contributed by atoms with E-state index < -0.39 is 0 Å². The van der Waals surface area contributed by atoms with Crippen LogP contribution in [0.2, 0.25) is 5.02 Å². The Morgan fingerprint density at radius 1 is 1.13 bits per heavy atom. The maximum Gasteiger partial charge on any atom is 0.290 e. The van der Waals surface area contributed by atoms with Crippen LogP contribution >= 0.6 is 11.6 Å². The molecule has 30 heavy (non-hydrogen) atoms. The molecule has 0 unspecified atom stereocenters. The molecule has 4 aromatic rings. The Hall–Kier alpha value is -3.38. The van der Waals surface area contributed by atoms with Gasteiger partial charge in [-0.1, -0.05) is 23.7 Å². The molecule has 1 amide bonds. The monoisotopic (exact) mass is 419 g/mol. The van der Waals surface area contributed by atoms with Crippen LogP contribution in [-0.4, -0.2) is 26.1 Å². The van der Waals surface area contributed by atoms with E-state index in [2.05, 4.69) is 20.1 Å². The molecule has 0 saturated carbocycles. The average Bonchev–Trinajstić information content (AvgIpc) is 3.17. The summed E-state index contributed by atoms with van der Waals surface area (Å²) in [7, 11) is 0. The highest BCUT2D eigenvalue weighted by Gasteiger charge is 2.16. The van der Waals surface area contributed by atoms with E-state index in [1.54, 1.807) is 10.6 Å². The minimum absolute atomic E-state index is 0.306. The van der Waals surface area contributed by atoms with Crippen LogP contribution in [-0.2, 0) is 0 Å². The first-order valence-corrected chi connectivity index (χ1v) is 9.97. The summed E-state index contributed by atoms with van der Waals surface area (Å²) >= 11 is 6.37. The molecule has 0 spiro atoms. The van der Waals surface area contributed by atoms with Crippen molar-refractivity contribution in [2.75, 3.05) is 0 Å². The number of hydrazone groups is 1. The van der Waals surface area contributed by atoms with Crippen molar-refractivity contribution in [2.45, 2.75) is 27.7 Å². The zero-order valence-electron chi connectivity index (χ0n) is 17.3. The van der Waals surface area contributed by atoms with Gasteiger partial charge >= 0.3 is 0 Å². The Morgan fingerprint density at radius 3 is 2.67 bits per heavy atom. The van der Waals surface area contributed by atoms with Crippen LogP contribution in [0, 0.1) is 27.7 Å². The third-order valence-electron chi connectivity index (χ3n) is 5.10. The molecular weight excluding hydrogens is 398 g/mol. The molecule has 0 atom stereocenters. The number of carbonyl (C=O) groups is 1. The molecule has 7 heteroatoms. The number of halogens is 1. The number of nitrogens with zero attached hydrogens (tertiary/aromatic N) is 4. The van der Waals surface area contributed by atoms with Crippen molar-refractivity contribution in [1.82, 2.24) is 19.4 Å². The van der Waals surface area contributed by atoms with Gasteiger partial charge in [-0.25, -0.2) is 10.4 Å². The average molecular weight is 420 g/mol. The normalized spacial score (nSPS) is 11.5. The van der Waals surface area contributed by atoms with E-state index in [1.807, 2.05) is 76.4 Å². The van der Waals surface area contributed by atoms with Gasteiger partial charge in [0.1, 0.15) is 11.3 Å². The van der Waals surface area contributed by atoms with Crippen LogP contribution in [0.1, 0.15) is 38.7 Å². The highest BCUT2D eigenvalue weighted by atomic mass is 35.5. The first kappa shape index (κ1) is 19.9. The van der Waals surface area contributed by atoms with Crippen LogP contribution in [0.4, 0.5) is 0 Å². The maximum atomic E-state index is 12.7. The van der Waals surface area contributed by atoms with Crippen molar-refractivity contribution in [3.05, 3.63) is 87.6 Å². The van der Waals surface area contributed by atoms with Gasteiger partial charge in [0.05, 0.1) is 22.6 Å². The Balaban J connectivity index is 1.59. The van der Waals surface area contributed by atoms with Crippen LogP contribution in [0.25, 0.3) is 11.3 Å². The Labute approximate surface area is 179 Å². The lowest BCUT2D eigenvalue weighted by Crippen LogP contribution is -2.20. The van der Waals surface area contributed by atoms with E-state index in [-0.39, 0.29) is 5.91 Å². The summed E-state index contributed by atoms with van der Waals surface area (Å²) in [5, 5.41) is 4.86. The van der Waals surface area contributed by atoms with Crippen LogP contribution < -0.4 is 5.43 Å². The van der Waals surface area contributed by atoms with E-state index in [4.69, 9.17) is 11.6 Å². The number of aryl methyl sites for hydroxylation is 3. The van der Waals surface area contributed by atoms with Crippen molar-refractivity contribution in [1.29, 1.82) is 0 Å². The SMILES string of the molecule is Cc1ccn2c(C(=O)N/N=C\c3cc(C)n(-c4ccccc4Cl)c3C)c(C)nc2c1. The minimum atomic E-state index is -0.306. The number of benzene rings is 1. The summed E-state index contributed by atoms with van der Waals surface area (Å²) in [4.78, 5) is 17.2. The molecule has 4 rings (SSSR count). The minimum Gasteiger partial charge on any atom is -0.316 e. The molecule has 1 N–H and O–H groups in total. The predicted molar refractivity (Wildman–Crippen MR) is 120 cm³/mol. The summed E-state index contributed by atoms with van der Waals surface area (Å²) in [5.74, 6) is -0.306. The lowest BCUT2D eigenvalue weighted by atomic mass is 10.2. The van der Waals surface area contributed by atoms with Crippen LogP contribution in [0.3, 0.4) is 0 Å². The molecule has 1 aromatic carbocycles. The molecule has 0 saturated heterocycles. The number of nitrogens with one attached hydrogen (secondary N) is 1. The van der Waals surface area contributed by atoms with Crippen molar-refractivity contribution < 1.29 is 4.79 Å². The summed E-state index contributed by atoms with van der Waals surface area (Å²) in [6.45, 7) is 7.82. The fourth-order valence-electron chi connectivity index (χ4n) is 3.67. The zero-order chi connectivity index (χ0) is 21.4. The number of para-hydroxylation sites is 1. The molecule has 0 fully saturated rings. The van der Waals surface area contributed by atoms with E-state index >= 15 is 0 Å². The smallest absolute Gasteiger partial charge is 0.290 e. The Morgan fingerprint density at radius 2 is 1.90 bits per heavy atom. The number of aromatic nitrogens is 3. The quantitative estimate of drug-likeness (QED) is 0.382. The first-order chi connectivity index (χ1) is 14.4. The third-order valence-corrected chi connectivity index (χ3v) is 5.42. The van der Waals surface area contributed by atoms with Gasteiger partial charge in [-0.2, -0.15) is 5.10 Å². The number of rotatable bonds is 4. The van der Waals surface area contributed by atoms with Crippen molar-refractivity contribution in [2.24, 2.45) is 5.10 Å². The van der Waals surface area contributed by atoms with Crippen LogP contribution in [0.15, 0.2) is 53.8 Å². The lowest BCUT2D eigenvalue weighted by molar-refractivity contribution is 0.0948. The number of pyridine rings is 1. The second-order valence-corrected chi connectivity index (χ2v) is 7.70. The summed E-state index contributed by atoms with van der Waals surface area (Å²) < 4.78 is 3.85. The molecule has 0 bridgehead atoms. The van der Waals surface area contributed by atoms with Gasteiger partial charge < -0.3 is 4.57 Å². The fourth-order valence-corrected chi connectivity index (χ4v) is 3.89. The van der Waals surface area contributed by atoms with Gasteiger partial charge in [0.25, 0.3) is 5.91 Å². The lowest BCUT2D eigenvalue weighted by Gasteiger charge is -2.11. The summed E-state index contributed by atoms with van der Waals surface area (Å²) in [6.07, 6.45) is 3.50. The van der Waals surface area contributed by atoms with Crippen molar-refractivity contribution in [3.8, 4) is 5.69 Å². The van der Waals surface area contributed by atoms with Crippen LogP contribution in [0.5, 0.6) is 0 Å². The predicted octanol–water partition coefficient (Wildman–Crippen LogP) is 4.78. The topological polar surface area (TPSA) is 63.7 Å². The number of carbonyl (C=O) groups excluding carboxylic acids is 1. The fraction of sp³-hybridized carbons (Fsp3) is 0.174. The first-order valence-electron chi connectivity index (χ1n) is 9.59. The van der Waals surface area contributed by atoms with Crippen molar-refractivity contribution >= 4 is 29.4 Å². The van der Waals surface area contributed by atoms with E-state index in [0.29, 0.717) is 16.4 Å². The number of hydrogen-bond donors (Lipinski definition) is 1. The van der Waals surface area contributed by atoms with Gasteiger partial charge in [-0.05, 0) is 63.6 Å². The second-order valence-electron chi connectivity index (χ2n) is 7.29. The van der Waals surface area contributed by atoms with Gasteiger partial charge in [-0.3, -0.25) is 9.20 Å². The molecule has 0 aliphatic carbocycles. The molecule has 3 aromatic heterocycles. The molecule has 152 valence electrons.